The van der Waals surface area contributed by atoms with Crippen LogP contribution in [0.2, 0.25) is 0 Å². The summed E-state index contributed by atoms with van der Waals surface area (Å²) in [5.74, 6) is -0.896. The van der Waals surface area contributed by atoms with Gasteiger partial charge < -0.3 is 15.2 Å². The number of alkyl carbamates (subject to hydrolysis) is 1. The molecule has 1 aliphatic heterocycles. The van der Waals surface area contributed by atoms with Crippen molar-refractivity contribution in [3.05, 3.63) is 71.3 Å². The zero-order chi connectivity index (χ0) is 18.5. The van der Waals surface area contributed by atoms with Gasteiger partial charge in [0.05, 0.1) is 23.8 Å². The molecule has 3 rings (SSSR count). The van der Waals surface area contributed by atoms with Gasteiger partial charge in [0.25, 0.3) is 11.8 Å². The quantitative estimate of drug-likeness (QED) is 0.768. The minimum atomic E-state index is -1.10. The number of aliphatic hydroxyl groups excluding tert-OH is 1. The van der Waals surface area contributed by atoms with Gasteiger partial charge in [-0.15, -0.1) is 0 Å². The van der Waals surface area contributed by atoms with Crippen LogP contribution in [0.4, 0.5) is 4.79 Å². The highest BCUT2D eigenvalue weighted by Gasteiger charge is 2.36. The van der Waals surface area contributed by atoms with Crippen LogP contribution in [0.15, 0.2) is 54.6 Å². The molecule has 0 bridgehead atoms. The zero-order valence-electron chi connectivity index (χ0n) is 13.9. The van der Waals surface area contributed by atoms with Crippen LogP contribution in [-0.2, 0) is 11.3 Å². The molecular weight excluding hydrogens is 336 g/mol. The Balaban J connectivity index is 1.46. The Labute approximate surface area is 150 Å². The highest BCUT2D eigenvalue weighted by atomic mass is 16.5. The Morgan fingerprint density at radius 2 is 1.58 bits per heavy atom. The number of carbonyl (C=O) groups excluding carboxylic acids is 3. The van der Waals surface area contributed by atoms with Crippen molar-refractivity contribution in [3.63, 3.8) is 0 Å². The Morgan fingerprint density at radius 1 is 1.00 bits per heavy atom. The number of nitrogens with zero attached hydrogens (tertiary/aromatic N) is 1. The van der Waals surface area contributed by atoms with Gasteiger partial charge >= 0.3 is 6.09 Å². The standard InChI is InChI=1S/C19H18N2O5/c22-14(10-20-19(25)26-12-13-6-2-1-3-7-13)11-21-17(23)15-8-4-5-9-16(15)18(21)24/h1-9,14,22H,10-12H2,(H,20,25). The molecule has 0 saturated heterocycles. The van der Waals surface area contributed by atoms with Crippen molar-refractivity contribution >= 4 is 17.9 Å². The summed E-state index contributed by atoms with van der Waals surface area (Å²) >= 11 is 0. The van der Waals surface area contributed by atoms with Crippen molar-refractivity contribution in [2.45, 2.75) is 12.7 Å². The summed E-state index contributed by atoms with van der Waals surface area (Å²) in [4.78, 5) is 37.1. The first-order chi connectivity index (χ1) is 12.6. The Morgan fingerprint density at radius 3 is 2.19 bits per heavy atom. The Kier molecular flexibility index (Phi) is 5.28. The molecule has 0 aliphatic carbocycles. The number of β-amino-alcohol motifs (C(OH)–C–C–N with tert-alkyl or cyclic N) is 1. The predicted molar refractivity (Wildman–Crippen MR) is 92.4 cm³/mol. The Bertz CT molecular complexity index is 787. The summed E-state index contributed by atoms with van der Waals surface area (Å²) < 4.78 is 5.03. The van der Waals surface area contributed by atoms with Crippen molar-refractivity contribution in [3.8, 4) is 0 Å². The summed E-state index contributed by atoms with van der Waals surface area (Å²) in [5.41, 5.74) is 1.48. The maximum absolute atomic E-state index is 12.2. The van der Waals surface area contributed by atoms with Crippen LogP contribution in [0.1, 0.15) is 26.3 Å². The van der Waals surface area contributed by atoms with Crippen LogP contribution in [0.3, 0.4) is 0 Å². The predicted octanol–water partition coefficient (Wildman–Crippen LogP) is 1.57. The highest BCUT2D eigenvalue weighted by Crippen LogP contribution is 2.22. The second kappa shape index (κ2) is 7.79. The summed E-state index contributed by atoms with van der Waals surface area (Å²) in [6.07, 6.45) is -1.78. The molecule has 3 amide bonds. The average molecular weight is 354 g/mol. The molecule has 26 heavy (non-hydrogen) atoms. The van der Waals surface area contributed by atoms with Crippen molar-refractivity contribution in [1.82, 2.24) is 10.2 Å². The van der Waals surface area contributed by atoms with Gasteiger partial charge in [-0.2, -0.15) is 0 Å². The molecule has 1 heterocycles. The first kappa shape index (κ1) is 17.6. The lowest BCUT2D eigenvalue weighted by Gasteiger charge is -2.18. The third-order valence-corrected chi connectivity index (χ3v) is 3.97. The minimum absolute atomic E-state index is 0.112. The lowest BCUT2D eigenvalue weighted by atomic mass is 10.1. The topological polar surface area (TPSA) is 95.9 Å². The summed E-state index contributed by atoms with van der Waals surface area (Å²) in [6.45, 7) is -0.229. The number of ether oxygens (including phenoxy) is 1. The van der Waals surface area contributed by atoms with E-state index in [0.717, 1.165) is 10.5 Å². The molecule has 0 aromatic heterocycles. The number of benzene rings is 2. The van der Waals surface area contributed by atoms with E-state index >= 15 is 0 Å². The SMILES string of the molecule is O=C(NCC(O)CN1C(=O)c2ccccc2C1=O)OCc1ccccc1. The number of fused-ring (bicyclic) bond motifs is 1. The van der Waals surface area contributed by atoms with Crippen molar-refractivity contribution < 1.29 is 24.2 Å². The van der Waals surface area contributed by atoms with E-state index in [1.807, 2.05) is 30.3 Å². The number of aliphatic hydroxyl groups is 1. The molecule has 134 valence electrons. The molecule has 2 N–H and O–H groups in total. The van der Waals surface area contributed by atoms with Crippen molar-refractivity contribution in [2.75, 3.05) is 13.1 Å². The molecule has 0 fully saturated rings. The molecule has 1 unspecified atom stereocenters. The second-order valence-electron chi connectivity index (χ2n) is 5.86. The maximum atomic E-state index is 12.2. The summed E-state index contributed by atoms with van der Waals surface area (Å²) in [7, 11) is 0. The number of imide groups is 1. The van der Waals surface area contributed by atoms with Gasteiger partial charge in [0, 0.05) is 6.54 Å². The molecule has 7 heteroatoms. The van der Waals surface area contributed by atoms with E-state index < -0.39 is 24.0 Å². The van der Waals surface area contributed by atoms with Crippen molar-refractivity contribution in [2.24, 2.45) is 0 Å². The fraction of sp³-hybridized carbons (Fsp3) is 0.211. The number of hydrogen-bond donors (Lipinski definition) is 2. The Hall–Kier alpha value is -3.19. The average Bonchev–Trinajstić information content (AvgIpc) is 2.91. The molecule has 7 nitrogen and oxygen atoms in total. The van der Waals surface area contributed by atoms with Crippen molar-refractivity contribution in [1.29, 1.82) is 0 Å². The monoisotopic (exact) mass is 354 g/mol. The minimum Gasteiger partial charge on any atom is -0.445 e. The number of rotatable bonds is 6. The maximum Gasteiger partial charge on any atom is 0.407 e. The molecule has 0 spiro atoms. The molecule has 2 aromatic carbocycles. The van der Waals surface area contributed by atoms with Gasteiger partial charge in [-0.25, -0.2) is 4.79 Å². The molecule has 1 aliphatic rings. The van der Waals surface area contributed by atoms with E-state index in [4.69, 9.17) is 4.74 Å². The van der Waals surface area contributed by atoms with Crippen LogP contribution in [0.25, 0.3) is 0 Å². The third-order valence-electron chi connectivity index (χ3n) is 3.97. The van der Waals surface area contributed by atoms with Crippen LogP contribution in [0.5, 0.6) is 0 Å². The smallest absolute Gasteiger partial charge is 0.407 e. The van der Waals surface area contributed by atoms with Crippen LogP contribution < -0.4 is 5.32 Å². The largest absolute Gasteiger partial charge is 0.445 e. The van der Waals surface area contributed by atoms with E-state index in [1.165, 1.54) is 0 Å². The fourth-order valence-corrected chi connectivity index (χ4v) is 2.66. The van der Waals surface area contributed by atoms with E-state index in [9.17, 15) is 19.5 Å². The van der Waals surface area contributed by atoms with E-state index in [2.05, 4.69) is 5.32 Å². The zero-order valence-corrected chi connectivity index (χ0v) is 13.9. The molecule has 2 aromatic rings. The molecule has 0 saturated carbocycles. The van der Waals surface area contributed by atoms with Gasteiger partial charge in [-0.3, -0.25) is 14.5 Å². The molecule has 0 radical (unpaired) electrons. The van der Waals surface area contributed by atoms with E-state index in [-0.39, 0.29) is 19.7 Å². The number of carbonyl (C=O) groups is 3. The molecule has 1 atom stereocenters. The third kappa shape index (κ3) is 3.89. The first-order valence-electron chi connectivity index (χ1n) is 8.14. The number of amides is 3. The van der Waals surface area contributed by atoms with Crippen LogP contribution in [0, 0.1) is 0 Å². The lowest BCUT2D eigenvalue weighted by molar-refractivity contribution is 0.0542. The fourth-order valence-electron chi connectivity index (χ4n) is 2.66. The van der Waals surface area contributed by atoms with Gasteiger partial charge in [0.15, 0.2) is 0 Å². The van der Waals surface area contributed by atoms with Gasteiger partial charge in [0.2, 0.25) is 0 Å². The number of nitrogens with one attached hydrogen (secondary N) is 1. The second-order valence-corrected chi connectivity index (χ2v) is 5.86. The highest BCUT2D eigenvalue weighted by molar-refractivity contribution is 6.21. The van der Waals surface area contributed by atoms with E-state index in [1.54, 1.807) is 24.3 Å². The first-order valence-corrected chi connectivity index (χ1v) is 8.14. The number of hydrogen-bond acceptors (Lipinski definition) is 5. The molecular formula is C19H18N2O5. The lowest BCUT2D eigenvalue weighted by Crippen LogP contribution is -2.42. The van der Waals surface area contributed by atoms with Crippen LogP contribution >= 0.6 is 0 Å². The summed E-state index contributed by atoms with van der Waals surface area (Å²) in [6, 6.07) is 15.7. The van der Waals surface area contributed by atoms with Gasteiger partial charge in [-0.1, -0.05) is 42.5 Å². The van der Waals surface area contributed by atoms with Gasteiger partial charge in [-0.05, 0) is 17.7 Å². The summed E-state index contributed by atoms with van der Waals surface area (Å²) in [5, 5.41) is 12.5. The van der Waals surface area contributed by atoms with E-state index in [0.29, 0.717) is 11.1 Å². The van der Waals surface area contributed by atoms with Gasteiger partial charge in [0.1, 0.15) is 6.61 Å². The normalized spacial score (nSPS) is 14.1. The van der Waals surface area contributed by atoms with Crippen LogP contribution in [-0.4, -0.2) is 47.1 Å².